The van der Waals surface area contributed by atoms with E-state index in [1.165, 1.54) is 17.0 Å². The van der Waals surface area contributed by atoms with Gasteiger partial charge in [0.1, 0.15) is 12.1 Å². The highest BCUT2D eigenvalue weighted by Crippen LogP contribution is 2.50. The molecule has 3 rings (SSSR count). The van der Waals surface area contributed by atoms with Crippen LogP contribution in [0.15, 0.2) is 24.3 Å². The molecule has 0 aromatic heterocycles. The Morgan fingerprint density at radius 2 is 1.90 bits per heavy atom. The normalized spacial score (nSPS) is 20.9. The van der Waals surface area contributed by atoms with Gasteiger partial charge in [0, 0.05) is 6.54 Å². The number of nitrogens with two attached hydrogens (primary N) is 1. The van der Waals surface area contributed by atoms with Gasteiger partial charge in [-0.3, -0.25) is 14.4 Å². The van der Waals surface area contributed by atoms with Gasteiger partial charge in [-0.05, 0) is 43.4 Å². The first-order chi connectivity index (χ1) is 14.1. The molecule has 3 amide bonds. The molecule has 1 heterocycles. The highest BCUT2D eigenvalue weighted by Gasteiger charge is 2.55. The maximum absolute atomic E-state index is 13.2. The molecule has 2 atom stereocenters. The molecule has 30 heavy (non-hydrogen) atoms. The van der Waals surface area contributed by atoms with Gasteiger partial charge in [-0.15, -0.1) is 0 Å². The molecule has 160 valence electrons. The predicted octanol–water partition coefficient (Wildman–Crippen LogP) is 1.61. The molecular weight excluding hydrogens is 401 g/mol. The summed E-state index contributed by atoms with van der Waals surface area (Å²) >= 11 is 0. The summed E-state index contributed by atoms with van der Waals surface area (Å²) in [6.45, 7) is 0.340. The SMILES string of the molecule is N#C[C@H](CC(N)=O)NC(=O)[C@@H]1CCCN1C(=O)C1(c2ccc(C(F)(F)F)cc2)CC1. The zero-order valence-corrected chi connectivity index (χ0v) is 16.0. The smallest absolute Gasteiger partial charge is 0.370 e. The fourth-order valence-corrected chi connectivity index (χ4v) is 3.88. The van der Waals surface area contributed by atoms with Gasteiger partial charge in [-0.1, -0.05) is 12.1 Å². The highest BCUT2D eigenvalue weighted by molar-refractivity contribution is 5.96. The van der Waals surface area contributed by atoms with E-state index >= 15 is 0 Å². The van der Waals surface area contributed by atoms with Crippen molar-refractivity contribution >= 4 is 17.7 Å². The monoisotopic (exact) mass is 422 g/mol. The minimum atomic E-state index is -4.46. The van der Waals surface area contributed by atoms with Crippen LogP contribution < -0.4 is 11.1 Å². The number of primary amides is 1. The van der Waals surface area contributed by atoms with Crippen molar-refractivity contribution in [2.45, 2.75) is 55.8 Å². The molecule has 2 aliphatic rings. The van der Waals surface area contributed by atoms with Crippen LogP contribution in [0.5, 0.6) is 0 Å². The van der Waals surface area contributed by atoms with Gasteiger partial charge in [0.2, 0.25) is 17.7 Å². The van der Waals surface area contributed by atoms with E-state index in [9.17, 15) is 27.6 Å². The summed E-state index contributed by atoms with van der Waals surface area (Å²) in [5, 5.41) is 11.5. The van der Waals surface area contributed by atoms with E-state index < -0.39 is 41.1 Å². The first kappa shape index (κ1) is 21.6. The lowest BCUT2D eigenvalue weighted by molar-refractivity contribution is -0.140. The zero-order valence-electron chi connectivity index (χ0n) is 16.0. The van der Waals surface area contributed by atoms with Crippen molar-refractivity contribution < 1.29 is 27.6 Å². The van der Waals surface area contributed by atoms with Crippen molar-refractivity contribution in [2.75, 3.05) is 6.54 Å². The Hall–Kier alpha value is -3.09. The molecule has 2 fully saturated rings. The Bertz CT molecular complexity index is 888. The van der Waals surface area contributed by atoms with Crippen LogP contribution in [0.25, 0.3) is 0 Å². The summed E-state index contributed by atoms with van der Waals surface area (Å²) in [6, 6.07) is 4.45. The number of nitriles is 1. The molecule has 1 aliphatic heterocycles. The minimum absolute atomic E-state index is 0.302. The van der Waals surface area contributed by atoms with Crippen LogP contribution in [0.3, 0.4) is 0 Å². The standard InChI is InChI=1S/C20H21F3N4O3/c21-20(22,23)13-5-3-12(4-6-13)19(7-8-19)18(30)27-9-1-2-15(27)17(29)26-14(11-24)10-16(25)28/h3-6,14-15H,1-2,7-10H2,(H2,25,28)(H,26,29)/t14-,15-/m0/s1. The fourth-order valence-electron chi connectivity index (χ4n) is 3.88. The molecule has 1 aliphatic carbocycles. The molecule has 10 heteroatoms. The lowest BCUT2D eigenvalue weighted by atomic mass is 9.93. The molecule has 0 bridgehead atoms. The summed E-state index contributed by atoms with van der Waals surface area (Å²) < 4.78 is 38.5. The number of alkyl halides is 3. The topological polar surface area (TPSA) is 116 Å². The zero-order chi connectivity index (χ0) is 22.1. The number of nitrogens with one attached hydrogen (secondary N) is 1. The van der Waals surface area contributed by atoms with Crippen LogP contribution >= 0.6 is 0 Å². The number of hydrogen-bond donors (Lipinski definition) is 2. The quantitative estimate of drug-likeness (QED) is 0.724. The Kier molecular flexibility index (Phi) is 5.74. The average molecular weight is 422 g/mol. The van der Waals surface area contributed by atoms with Crippen LogP contribution in [0.2, 0.25) is 0 Å². The van der Waals surface area contributed by atoms with Gasteiger partial charge < -0.3 is 16.0 Å². The Labute approximate surface area is 171 Å². The third-order valence-corrected chi connectivity index (χ3v) is 5.62. The molecule has 7 nitrogen and oxygen atoms in total. The van der Waals surface area contributed by atoms with Crippen molar-refractivity contribution in [3.8, 4) is 6.07 Å². The molecule has 1 aromatic rings. The summed E-state index contributed by atoms with van der Waals surface area (Å²) in [7, 11) is 0. The van der Waals surface area contributed by atoms with Crippen molar-refractivity contribution in [1.29, 1.82) is 5.26 Å². The maximum Gasteiger partial charge on any atom is 0.416 e. The fraction of sp³-hybridized carbons (Fsp3) is 0.500. The van der Waals surface area contributed by atoms with Gasteiger partial charge in [0.25, 0.3) is 0 Å². The second kappa shape index (κ2) is 7.97. The highest BCUT2D eigenvalue weighted by atomic mass is 19.4. The van der Waals surface area contributed by atoms with E-state index in [0.717, 1.165) is 12.1 Å². The number of hydrogen-bond acceptors (Lipinski definition) is 4. The van der Waals surface area contributed by atoms with E-state index in [1.807, 2.05) is 0 Å². The lowest BCUT2D eigenvalue weighted by Crippen LogP contribution is -2.51. The van der Waals surface area contributed by atoms with E-state index in [-0.39, 0.29) is 12.3 Å². The number of carbonyl (C=O) groups is 3. The van der Waals surface area contributed by atoms with Gasteiger partial charge in [0.15, 0.2) is 0 Å². The number of nitrogens with zero attached hydrogens (tertiary/aromatic N) is 2. The average Bonchev–Trinajstić information content (AvgIpc) is 3.35. The van der Waals surface area contributed by atoms with E-state index in [1.54, 1.807) is 6.07 Å². The molecule has 1 saturated carbocycles. The minimum Gasteiger partial charge on any atom is -0.370 e. The van der Waals surface area contributed by atoms with Gasteiger partial charge in [-0.2, -0.15) is 18.4 Å². The second-order valence-electron chi connectivity index (χ2n) is 7.67. The molecule has 1 aromatic carbocycles. The molecule has 1 saturated heterocycles. The van der Waals surface area contributed by atoms with Crippen LogP contribution in [-0.2, 0) is 26.0 Å². The Morgan fingerprint density at radius 3 is 2.40 bits per heavy atom. The van der Waals surface area contributed by atoms with Gasteiger partial charge in [0.05, 0.1) is 23.5 Å². The molecule has 0 spiro atoms. The maximum atomic E-state index is 13.2. The number of likely N-dealkylation sites (tertiary alicyclic amines) is 1. The molecular formula is C20H21F3N4O3. The van der Waals surface area contributed by atoms with Crippen molar-refractivity contribution in [3.05, 3.63) is 35.4 Å². The number of carbonyl (C=O) groups excluding carboxylic acids is 3. The molecule has 0 unspecified atom stereocenters. The van der Waals surface area contributed by atoms with Gasteiger partial charge in [-0.25, -0.2) is 0 Å². The number of benzene rings is 1. The number of rotatable bonds is 6. The van der Waals surface area contributed by atoms with Crippen LogP contribution in [0.1, 0.15) is 43.2 Å². The van der Waals surface area contributed by atoms with E-state index in [2.05, 4.69) is 5.32 Å². The van der Waals surface area contributed by atoms with Gasteiger partial charge >= 0.3 is 6.18 Å². The Balaban J connectivity index is 1.74. The number of halogens is 3. The van der Waals surface area contributed by atoms with Crippen molar-refractivity contribution in [2.24, 2.45) is 5.73 Å². The van der Waals surface area contributed by atoms with Crippen molar-refractivity contribution in [3.63, 3.8) is 0 Å². The van der Waals surface area contributed by atoms with Crippen LogP contribution in [0, 0.1) is 11.3 Å². The van der Waals surface area contributed by atoms with Crippen LogP contribution in [0.4, 0.5) is 13.2 Å². The third kappa shape index (κ3) is 4.25. The summed E-state index contributed by atoms with van der Waals surface area (Å²) in [6.07, 6.45) is -2.83. The van der Waals surface area contributed by atoms with Crippen molar-refractivity contribution in [1.82, 2.24) is 10.2 Å². The van der Waals surface area contributed by atoms with E-state index in [4.69, 9.17) is 11.0 Å². The lowest BCUT2D eigenvalue weighted by Gasteiger charge is -2.29. The predicted molar refractivity (Wildman–Crippen MR) is 98.4 cm³/mol. The second-order valence-corrected chi connectivity index (χ2v) is 7.67. The van der Waals surface area contributed by atoms with E-state index in [0.29, 0.717) is 37.8 Å². The third-order valence-electron chi connectivity index (χ3n) is 5.62. The largest absolute Gasteiger partial charge is 0.416 e. The summed E-state index contributed by atoms with van der Waals surface area (Å²) in [5.74, 6) is -1.58. The first-order valence-electron chi connectivity index (χ1n) is 9.55. The first-order valence-corrected chi connectivity index (χ1v) is 9.55. The summed E-state index contributed by atoms with van der Waals surface area (Å²) in [4.78, 5) is 38.3. The molecule has 3 N–H and O–H groups in total. The molecule has 0 radical (unpaired) electrons. The number of amides is 3. The van der Waals surface area contributed by atoms with Crippen LogP contribution in [-0.4, -0.2) is 41.2 Å². The Morgan fingerprint density at radius 1 is 1.27 bits per heavy atom. The summed E-state index contributed by atoms with van der Waals surface area (Å²) in [5.41, 5.74) is 3.85.